The molecule has 1 aromatic rings. The van der Waals surface area contributed by atoms with E-state index in [9.17, 15) is 0 Å². The third-order valence-corrected chi connectivity index (χ3v) is 3.96. The highest BCUT2D eigenvalue weighted by Crippen LogP contribution is 2.27. The average molecular weight is 247 g/mol. The summed E-state index contributed by atoms with van der Waals surface area (Å²) in [6.45, 7) is 11.1. The monoisotopic (exact) mass is 247 g/mol. The fraction of sp³-hybridized carbons (Fsp3) is 0.647. The maximum atomic E-state index is 3.51. The summed E-state index contributed by atoms with van der Waals surface area (Å²) in [5.41, 5.74) is 2.84. The molecule has 0 fully saturated rings. The van der Waals surface area contributed by atoms with Crippen LogP contribution in [0, 0.1) is 12.8 Å². The van der Waals surface area contributed by atoms with Crippen LogP contribution in [-0.2, 0) is 0 Å². The summed E-state index contributed by atoms with van der Waals surface area (Å²) in [6, 6.07) is 9.09. The smallest absolute Gasteiger partial charge is 0.00201 e. The number of likely N-dealkylation sites (N-methyl/N-ethyl adjacent to an activating group) is 1. The second kappa shape index (κ2) is 8.31. The third-order valence-electron chi connectivity index (χ3n) is 3.96. The van der Waals surface area contributed by atoms with Crippen molar-refractivity contribution in [2.75, 3.05) is 13.1 Å². The molecule has 0 radical (unpaired) electrons. The van der Waals surface area contributed by atoms with Crippen molar-refractivity contribution in [1.29, 1.82) is 0 Å². The lowest BCUT2D eigenvalue weighted by molar-refractivity contribution is 0.400. The minimum atomic E-state index is 0.662. The molecule has 18 heavy (non-hydrogen) atoms. The molecule has 1 unspecified atom stereocenters. The van der Waals surface area contributed by atoms with Crippen LogP contribution < -0.4 is 5.32 Å². The Morgan fingerprint density at radius 2 is 1.61 bits per heavy atom. The van der Waals surface area contributed by atoms with Gasteiger partial charge in [0.05, 0.1) is 0 Å². The van der Waals surface area contributed by atoms with Crippen molar-refractivity contribution in [1.82, 2.24) is 5.32 Å². The van der Waals surface area contributed by atoms with Gasteiger partial charge in [-0.3, -0.25) is 0 Å². The van der Waals surface area contributed by atoms with E-state index < -0.39 is 0 Å². The van der Waals surface area contributed by atoms with E-state index in [-0.39, 0.29) is 0 Å². The lowest BCUT2D eigenvalue weighted by Crippen LogP contribution is -2.23. The maximum Gasteiger partial charge on any atom is 0.00201 e. The molecule has 0 saturated carbocycles. The topological polar surface area (TPSA) is 12.0 Å². The van der Waals surface area contributed by atoms with E-state index >= 15 is 0 Å². The quantitative estimate of drug-likeness (QED) is 0.712. The molecular formula is C17H29N. The molecule has 1 nitrogen and oxygen atoms in total. The lowest BCUT2D eigenvalue weighted by atomic mass is 9.86. The third kappa shape index (κ3) is 4.81. The Bertz CT molecular complexity index is 311. The summed E-state index contributed by atoms with van der Waals surface area (Å²) in [7, 11) is 0. The van der Waals surface area contributed by atoms with Gasteiger partial charge in [0.25, 0.3) is 0 Å². The highest BCUT2D eigenvalue weighted by atomic mass is 14.8. The molecular weight excluding hydrogens is 218 g/mol. The molecule has 0 heterocycles. The van der Waals surface area contributed by atoms with Gasteiger partial charge in [-0.1, -0.05) is 63.4 Å². The van der Waals surface area contributed by atoms with Gasteiger partial charge in [0.2, 0.25) is 0 Å². The van der Waals surface area contributed by atoms with Crippen molar-refractivity contribution in [3.05, 3.63) is 35.4 Å². The van der Waals surface area contributed by atoms with Gasteiger partial charge in [0.1, 0.15) is 0 Å². The van der Waals surface area contributed by atoms with Gasteiger partial charge in [0, 0.05) is 6.54 Å². The molecule has 0 aliphatic heterocycles. The number of aryl methyl sites for hydroxylation is 1. The normalized spacial score (nSPS) is 12.9. The molecule has 102 valence electrons. The number of rotatable bonds is 8. The van der Waals surface area contributed by atoms with Crippen molar-refractivity contribution in [3.63, 3.8) is 0 Å². The minimum Gasteiger partial charge on any atom is -0.316 e. The fourth-order valence-electron chi connectivity index (χ4n) is 2.52. The van der Waals surface area contributed by atoms with Crippen LogP contribution in [0.4, 0.5) is 0 Å². The standard InChI is InChI=1S/C17H29N/c1-5-15(6-2)12-17(13-18-7-3)16-10-8-14(4)9-11-16/h8-11,15,17-18H,5-7,12-13H2,1-4H3. The average Bonchev–Trinajstić information content (AvgIpc) is 2.40. The first-order valence-corrected chi connectivity index (χ1v) is 7.48. The summed E-state index contributed by atoms with van der Waals surface area (Å²) in [4.78, 5) is 0. The van der Waals surface area contributed by atoms with Gasteiger partial charge in [0.15, 0.2) is 0 Å². The van der Waals surface area contributed by atoms with Crippen molar-refractivity contribution in [2.24, 2.45) is 5.92 Å². The fourth-order valence-corrected chi connectivity index (χ4v) is 2.52. The number of benzene rings is 1. The van der Waals surface area contributed by atoms with Crippen LogP contribution in [0.2, 0.25) is 0 Å². The molecule has 1 heteroatoms. The molecule has 0 aliphatic carbocycles. The minimum absolute atomic E-state index is 0.662. The molecule has 0 saturated heterocycles. The Balaban J connectivity index is 2.73. The van der Waals surface area contributed by atoms with Crippen LogP contribution in [0.15, 0.2) is 24.3 Å². The highest BCUT2D eigenvalue weighted by molar-refractivity contribution is 5.24. The Hall–Kier alpha value is -0.820. The molecule has 0 amide bonds. The molecule has 1 rings (SSSR count). The van der Waals surface area contributed by atoms with Gasteiger partial charge >= 0.3 is 0 Å². The SMILES string of the molecule is CCNCC(CC(CC)CC)c1ccc(C)cc1. The van der Waals surface area contributed by atoms with Gasteiger partial charge in [-0.15, -0.1) is 0 Å². The molecule has 0 spiro atoms. The van der Waals surface area contributed by atoms with Crippen molar-refractivity contribution in [2.45, 2.75) is 52.9 Å². The largest absolute Gasteiger partial charge is 0.316 e. The van der Waals surface area contributed by atoms with E-state index in [1.165, 1.54) is 30.4 Å². The van der Waals surface area contributed by atoms with E-state index in [1.807, 2.05) is 0 Å². The van der Waals surface area contributed by atoms with E-state index in [4.69, 9.17) is 0 Å². The van der Waals surface area contributed by atoms with E-state index in [2.05, 4.69) is 57.3 Å². The predicted molar refractivity (Wildman–Crippen MR) is 81.2 cm³/mol. The summed E-state index contributed by atoms with van der Waals surface area (Å²) >= 11 is 0. The number of hydrogen-bond acceptors (Lipinski definition) is 1. The molecule has 0 aromatic heterocycles. The summed E-state index contributed by atoms with van der Waals surface area (Å²) in [5.74, 6) is 1.52. The van der Waals surface area contributed by atoms with Crippen molar-refractivity contribution >= 4 is 0 Å². The zero-order valence-electron chi connectivity index (χ0n) is 12.5. The van der Waals surface area contributed by atoms with Crippen molar-refractivity contribution in [3.8, 4) is 0 Å². The van der Waals surface area contributed by atoms with Crippen LogP contribution in [0.3, 0.4) is 0 Å². The predicted octanol–water partition coefficient (Wildman–Crippen LogP) is 4.51. The molecule has 0 aliphatic rings. The lowest BCUT2D eigenvalue weighted by Gasteiger charge is -2.23. The number of hydrogen-bond donors (Lipinski definition) is 1. The molecule has 1 N–H and O–H groups in total. The zero-order chi connectivity index (χ0) is 13.4. The first-order valence-electron chi connectivity index (χ1n) is 7.48. The second-order valence-electron chi connectivity index (χ2n) is 5.33. The summed E-state index contributed by atoms with van der Waals surface area (Å²) < 4.78 is 0. The molecule has 0 bridgehead atoms. The first-order chi connectivity index (χ1) is 8.71. The van der Waals surface area contributed by atoms with Gasteiger partial charge in [-0.25, -0.2) is 0 Å². The Morgan fingerprint density at radius 3 is 2.11 bits per heavy atom. The van der Waals surface area contributed by atoms with Crippen LogP contribution in [-0.4, -0.2) is 13.1 Å². The van der Waals surface area contributed by atoms with Crippen LogP contribution >= 0.6 is 0 Å². The Morgan fingerprint density at radius 1 is 1.00 bits per heavy atom. The Labute approximate surface area is 113 Å². The zero-order valence-corrected chi connectivity index (χ0v) is 12.5. The first kappa shape index (κ1) is 15.2. The maximum absolute atomic E-state index is 3.51. The molecule has 1 aromatic carbocycles. The van der Waals surface area contributed by atoms with E-state index in [1.54, 1.807) is 0 Å². The van der Waals surface area contributed by atoms with Crippen molar-refractivity contribution < 1.29 is 0 Å². The highest BCUT2D eigenvalue weighted by Gasteiger charge is 2.15. The van der Waals surface area contributed by atoms with Crippen LogP contribution in [0.25, 0.3) is 0 Å². The van der Waals surface area contributed by atoms with Gasteiger partial charge < -0.3 is 5.32 Å². The summed E-state index contributed by atoms with van der Waals surface area (Å²) in [5, 5.41) is 3.51. The van der Waals surface area contributed by atoms with E-state index in [0.717, 1.165) is 19.0 Å². The number of nitrogens with one attached hydrogen (secondary N) is 1. The summed E-state index contributed by atoms with van der Waals surface area (Å²) in [6.07, 6.45) is 3.90. The van der Waals surface area contributed by atoms with Crippen LogP contribution in [0.1, 0.15) is 57.1 Å². The second-order valence-corrected chi connectivity index (χ2v) is 5.33. The van der Waals surface area contributed by atoms with Gasteiger partial charge in [-0.2, -0.15) is 0 Å². The Kier molecular flexibility index (Phi) is 7.04. The van der Waals surface area contributed by atoms with Crippen LogP contribution in [0.5, 0.6) is 0 Å². The van der Waals surface area contributed by atoms with Gasteiger partial charge in [-0.05, 0) is 37.3 Å². The molecule has 1 atom stereocenters. The van der Waals surface area contributed by atoms with E-state index in [0.29, 0.717) is 5.92 Å².